The average Bonchev–Trinajstić information content (AvgIpc) is 2.47. The number of nitrogens with one attached hydrogen (secondary N) is 2. The lowest BCUT2D eigenvalue weighted by Crippen LogP contribution is -2.32. The molecule has 4 N–H and O–H groups in total. The Hall–Kier alpha value is -0.240. The molecule has 0 aliphatic heterocycles. The number of hydrogen-bond donors (Lipinski definition) is 3. The summed E-state index contributed by atoms with van der Waals surface area (Å²) in [6, 6.07) is 0.280. The number of rotatable bonds is 16. The van der Waals surface area contributed by atoms with Gasteiger partial charge in [0, 0.05) is 19.1 Å². The van der Waals surface area contributed by atoms with Gasteiger partial charge in [-0.2, -0.15) is 0 Å². The van der Waals surface area contributed by atoms with Crippen molar-refractivity contribution in [1.29, 1.82) is 0 Å². The highest BCUT2D eigenvalue weighted by atomic mass is 16.5. The van der Waals surface area contributed by atoms with Gasteiger partial charge < -0.3 is 30.6 Å². The molecule has 0 aromatic carbocycles. The summed E-state index contributed by atoms with van der Waals surface area (Å²) >= 11 is 0. The van der Waals surface area contributed by atoms with E-state index in [4.69, 9.17) is 19.9 Å². The van der Waals surface area contributed by atoms with Crippen molar-refractivity contribution in [2.45, 2.75) is 26.3 Å². The van der Waals surface area contributed by atoms with E-state index >= 15 is 0 Å². The zero-order valence-corrected chi connectivity index (χ0v) is 14.0. The van der Waals surface area contributed by atoms with Crippen molar-refractivity contribution in [3.63, 3.8) is 0 Å². The molecule has 0 bridgehead atoms. The minimum Gasteiger partial charge on any atom is -0.378 e. The maximum atomic E-state index is 5.96. The van der Waals surface area contributed by atoms with Crippen LogP contribution in [0.25, 0.3) is 0 Å². The largest absolute Gasteiger partial charge is 0.378 e. The molecule has 0 amide bonds. The van der Waals surface area contributed by atoms with Gasteiger partial charge in [0.2, 0.25) is 0 Å². The Morgan fingerprint density at radius 2 is 1.33 bits per heavy atom. The van der Waals surface area contributed by atoms with Crippen LogP contribution >= 0.6 is 0 Å². The molecule has 0 aliphatic carbocycles. The van der Waals surface area contributed by atoms with E-state index in [-0.39, 0.29) is 6.04 Å². The molecular weight excluding hydrogens is 270 g/mol. The topological polar surface area (TPSA) is 77.8 Å². The second-order valence-corrected chi connectivity index (χ2v) is 5.39. The standard InChI is InChI=1S/C15H35N3O3/c1-14(2)15(16)4-5-18-7-9-20-11-13-21-12-10-19-8-6-17-3/h14-15,17-18H,4-13,16H2,1-3H3/t15-/m0/s1. The van der Waals surface area contributed by atoms with Crippen LogP contribution in [-0.2, 0) is 14.2 Å². The molecule has 0 unspecified atom stereocenters. The van der Waals surface area contributed by atoms with Crippen molar-refractivity contribution >= 4 is 0 Å². The molecule has 6 nitrogen and oxygen atoms in total. The first kappa shape index (κ1) is 20.8. The lowest BCUT2D eigenvalue weighted by atomic mass is 10.0. The number of ether oxygens (including phenoxy) is 3. The Balaban J connectivity index is 3.03. The molecule has 0 heterocycles. The van der Waals surface area contributed by atoms with E-state index in [0.29, 0.717) is 39.0 Å². The normalized spacial score (nSPS) is 13.0. The second kappa shape index (κ2) is 16.1. The highest BCUT2D eigenvalue weighted by molar-refractivity contribution is 4.66. The molecule has 6 heteroatoms. The smallest absolute Gasteiger partial charge is 0.0701 e. The van der Waals surface area contributed by atoms with E-state index in [1.165, 1.54) is 0 Å². The molecule has 0 radical (unpaired) electrons. The molecule has 0 aliphatic rings. The molecule has 0 rings (SSSR count). The third-order valence-electron chi connectivity index (χ3n) is 3.17. The first-order valence-electron chi connectivity index (χ1n) is 8.02. The van der Waals surface area contributed by atoms with Crippen LogP contribution in [0.3, 0.4) is 0 Å². The lowest BCUT2D eigenvalue weighted by Gasteiger charge is -2.15. The molecule has 0 saturated carbocycles. The first-order chi connectivity index (χ1) is 10.2. The molecule has 0 spiro atoms. The Labute approximate surface area is 130 Å². The zero-order valence-electron chi connectivity index (χ0n) is 14.0. The molecule has 0 aromatic heterocycles. The highest BCUT2D eigenvalue weighted by Gasteiger charge is 2.05. The monoisotopic (exact) mass is 305 g/mol. The summed E-state index contributed by atoms with van der Waals surface area (Å²) in [4.78, 5) is 0. The number of hydrogen-bond acceptors (Lipinski definition) is 6. The third-order valence-corrected chi connectivity index (χ3v) is 3.17. The summed E-state index contributed by atoms with van der Waals surface area (Å²) in [5, 5.41) is 6.35. The minimum absolute atomic E-state index is 0.280. The summed E-state index contributed by atoms with van der Waals surface area (Å²) in [7, 11) is 1.91. The van der Waals surface area contributed by atoms with Crippen LogP contribution < -0.4 is 16.4 Å². The lowest BCUT2D eigenvalue weighted by molar-refractivity contribution is 0.0159. The van der Waals surface area contributed by atoms with Crippen LogP contribution in [0.4, 0.5) is 0 Å². The fraction of sp³-hybridized carbons (Fsp3) is 1.00. The van der Waals surface area contributed by atoms with Gasteiger partial charge in [0.1, 0.15) is 0 Å². The summed E-state index contributed by atoms with van der Waals surface area (Å²) in [6.45, 7) is 10.9. The van der Waals surface area contributed by atoms with Crippen LogP contribution in [0.5, 0.6) is 0 Å². The third kappa shape index (κ3) is 16.0. The quantitative estimate of drug-likeness (QED) is 0.354. The molecule has 1 atom stereocenters. The van der Waals surface area contributed by atoms with Crippen molar-refractivity contribution in [2.24, 2.45) is 11.7 Å². The Kier molecular flexibility index (Phi) is 16.0. The van der Waals surface area contributed by atoms with Gasteiger partial charge in [-0.15, -0.1) is 0 Å². The van der Waals surface area contributed by atoms with Gasteiger partial charge in [0.25, 0.3) is 0 Å². The van der Waals surface area contributed by atoms with Crippen LogP contribution in [0.1, 0.15) is 20.3 Å². The second-order valence-electron chi connectivity index (χ2n) is 5.39. The van der Waals surface area contributed by atoms with E-state index < -0.39 is 0 Å². The van der Waals surface area contributed by atoms with Crippen LogP contribution in [0.15, 0.2) is 0 Å². The summed E-state index contributed by atoms with van der Waals surface area (Å²) in [5.41, 5.74) is 5.96. The van der Waals surface area contributed by atoms with Gasteiger partial charge in [-0.3, -0.25) is 0 Å². The Morgan fingerprint density at radius 1 is 0.810 bits per heavy atom. The Morgan fingerprint density at radius 3 is 1.86 bits per heavy atom. The summed E-state index contributed by atoms with van der Waals surface area (Å²) < 4.78 is 16.2. The molecule has 21 heavy (non-hydrogen) atoms. The van der Waals surface area contributed by atoms with Gasteiger partial charge in [-0.25, -0.2) is 0 Å². The predicted octanol–water partition coefficient (Wildman–Crippen LogP) is 0.219. The number of likely N-dealkylation sites (N-methyl/N-ethyl adjacent to an activating group) is 1. The molecular formula is C15H35N3O3. The van der Waals surface area contributed by atoms with Crippen LogP contribution in [0, 0.1) is 5.92 Å². The fourth-order valence-electron chi connectivity index (χ4n) is 1.59. The van der Waals surface area contributed by atoms with Crippen molar-refractivity contribution in [1.82, 2.24) is 10.6 Å². The van der Waals surface area contributed by atoms with E-state index in [0.717, 1.165) is 32.7 Å². The molecule has 0 fully saturated rings. The first-order valence-corrected chi connectivity index (χ1v) is 8.02. The van der Waals surface area contributed by atoms with Crippen molar-refractivity contribution in [2.75, 3.05) is 66.3 Å². The predicted molar refractivity (Wildman–Crippen MR) is 86.7 cm³/mol. The van der Waals surface area contributed by atoms with Crippen molar-refractivity contribution < 1.29 is 14.2 Å². The van der Waals surface area contributed by atoms with Crippen LogP contribution in [0.2, 0.25) is 0 Å². The van der Waals surface area contributed by atoms with Gasteiger partial charge in [-0.1, -0.05) is 13.8 Å². The maximum absolute atomic E-state index is 5.96. The highest BCUT2D eigenvalue weighted by Crippen LogP contribution is 2.00. The molecule has 0 aromatic rings. The zero-order chi connectivity index (χ0) is 15.8. The number of nitrogens with two attached hydrogens (primary N) is 1. The van der Waals surface area contributed by atoms with Gasteiger partial charge in [0.05, 0.1) is 39.6 Å². The minimum atomic E-state index is 0.280. The SMILES string of the molecule is CNCCOCCOCCOCCNCC[C@H](N)C(C)C. The maximum Gasteiger partial charge on any atom is 0.0701 e. The van der Waals surface area contributed by atoms with Crippen molar-refractivity contribution in [3.8, 4) is 0 Å². The van der Waals surface area contributed by atoms with Crippen LogP contribution in [-0.4, -0.2) is 72.4 Å². The summed E-state index contributed by atoms with van der Waals surface area (Å²) in [6.07, 6.45) is 1.01. The van der Waals surface area contributed by atoms with Gasteiger partial charge in [-0.05, 0) is 25.9 Å². The van der Waals surface area contributed by atoms with E-state index in [2.05, 4.69) is 24.5 Å². The molecule has 128 valence electrons. The van der Waals surface area contributed by atoms with Gasteiger partial charge >= 0.3 is 0 Å². The Bertz CT molecular complexity index is 207. The summed E-state index contributed by atoms with van der Waals surface area (Å²) in [5.74, 6) is 0.544. The van der Waals surface area contributed by atoms with Gasteiger partial charge in [0.15, 0.2) is 0 Å². The van der Waals surface area contributed by atoms with E-state index in [1.54, 1.807) is 0 Å². The fourth-order valence-corrected chi connectivity index (χ4v) is 1.59. The van der Waals surface area contributed by atoms with Crippen molar-refractivity contribution in [3.05, 3.63) is 0 Å². The average molecular weight is 305 g/mol. The molecule has 0 saturated heterocycles. The van der Waals surface area contributed by atoms with E-state index in [1.807, 2.05) is 7.05 Å². The van der Waals surface area contributed by atoms with E-state index in [9.17, 15) is 0 Å².